The molecule has 318 valence electrons. The molecule has 16 rings (SSSR count). The highest BCUT2D eigenvalue weighted by atomic mass is 32.2. The molecule has 0 amide bonds. The van der Waals surface area contributed by atoms with Gasteiger partial charge in [-0.2, -0.15) is 0 Å². The van der Waals surface area contributed by atoms with Crippen LogP contribution in [-0.2, 0) is 0 Å². The van der Waals surface area contributed by atoms with Crippen LogP contribution in [-0.4, -0.2) is 35.1 Å². The van der Waals surface area contributed by atoms with Crippen LogP contribution in [0, 0.1) is 0 Å². The molecule has 6 aliphatic heterocycles. The molecule has 0 radical (unpaired) electrons. The van der Waals surface area contributed by atoms with Crippen molar-refractivity contribution in [3.8, 4) is 34.2 Å². The predicted octanol–water partition coefficient (Wildman–Crippen LogP) is 9.21. The highest BCUT2D eigenvalue weighted by Gasteiger charge is 2.41. The van der Waals surface area contributed by atoms with Gasteiger partial charge in [0.15, 0.2) is 17.5 Å². The lowest BCUT2D eigenvalue weighted by molar-refractivity contribution is 1.07. The van der Waals surface area contributed by atoms with Crippen LogP contribution in [0.5, 0.6) is 0 Å². The van der Waals surface area contributed by atoms with E-state index in [0.29, 0.717) is 17.5 Å². The first-order valence-electron chi connectivity index (χ1n) is 23.1. The van der Waals surface area contributed by atoms with E-state index in [4.69, 9.17) is 15.0 Å². The summed E-state index contributed by atoms with van der Waals surface area (Å²) >= 11 is 11.3. The van der Waals surface area contributed by atoms with Gasteiger partial charge in [-0.05, 0) is 89.2 Å². The largest absolute Gasteiger partial charge is 0.247 e. The molecule has 6 aliphatic rings. The Morgan fingerprint density at radius 1 is 0.232 bits per heavy atom. The lowest BCUT2D eigenvalue weighted by atomic mass is 9.36. The fourth-order valence-corrected chi connectivity index (χ4v) is 18.5. The first-order chi connectivity index (χ1) is 34.1. The number of aromatic nitrogens is 3. The van der Waals surface area contributed by atoms with Crippen molar-refractivity contribution >= 4 is 140 Å². The van der Waals surface area contributed by atoms with E-state index < -0.39 is 0 Å². The smallest absolute Gasteiger partial charge is 0.208 e. The van der Waals surface area contributed by atoms with Crippen LogP contribution < -0.4 is 49.2 Å². The van der Waals surface area contributed by atoms with E-state index in [0.717, 1.165) is 16.7 Å². The van der Waals surface area contributed by atoms with Crippen molar-refractivity contribution in [3.05, 3.63) is 182 Å². The third-order valence-corrected chi connectivity index (χ3v) is 21.3. The van der Waals surface area contributed by atoms with E-state index in [9.17, 15) is 0 Å². The molecule has 1 aromatic heterocycles. The first-order valence-corrected chi connectivity index (χ1v) is 28.0. The minimum absolute atomic E-state index is 0.121. The minimum Gasteiger partial charge on any atom is -0.208 e. The SMILES string of the molecule is c1ccc2c(c1)Sc1cccc3c1B2c1cc(-c2nc(-c4ccc5c(c4)B4c6ccccc6Sc6cccc(c64)S5)nc(-c4ccc5c(c4)B4c6ccccc6Sc6cccc(c64)S5)n2)ccc1S3. The van der Waals surface area contributed by atoms with Crippen LogP contribution in [0.4, 0.5) is 0 Å². The number of nitrogens with zero attached hydrogens (tertiary/aromatic N) is 3. The second-order valence-electron chi connectivity index (χ2n) is 18.1. The summed E-state index contributed by atoms with van der Waals surface area (Å²) in [6.07, 6.45) is 0. The third-order valence-electron chi connectivity index (χ3n) is 14.3. The second kappa shape index (κ2) is 15.4. The molecule has 0 saturated carbocycles. The minimum atomic E-state index is 0.121. The van der Waals surface area contributed by atoms with Gasteiger partial charge in [-0.15, -0.1) is 0 Å². The average Bonchev–Trinajstić information content (AvgIpc) is 3.40. The molecule has 69 heavy (non-hydrogen) atoms. The van der Waals surface area contributed by atoms with Crippen molar-refractivity contribution in [1.82, 2.24) is 15.0 Å². The van der Waals surface area contributed by atoms with Gasteiger partial charge in [-0.3, -0.25) is 0 Å². The van der Waals surface area contributed by atoms with Crippen LogP contribution in [0.1, 0.15) is 0 Å². The summed E-state index contributed by atoms with van der Waals surface area (Å²) in [6, 6.07) is 67.8. The number of benzene rings is 9. The van der Waals surface area contributed by atoms with Gasteiger partial charge < -0.3 is 0 Å². The molecule has 0 bridgehead atoms. The summed E-state index contributed by atoms with van der Waals surface area (Å²) in [5.41, 5.74) is 15.2. The zero-order valence-electron chi connectivity index (χ0n) is 36.3. The van der Waals surface area contributed by atoms with Crippen molar-refractivity contribution in [2.45, 2.75) is 58.7 Å². The molecule has 9 aromatic carbocycles. The van der Waals surface area contributed by atoms with Gasteiger partial charge in [0, 0.05) is 75.4 Å². The Bertz CT molecular complexity index is 3480. The third kappa shape index (κ3) is 6.12. The Labute approximate surface area is 426 Å². The van der Waals surface area contributed by atoms with E-state index in [1.165, 1.54) is 108 Å². The number of rotatable bonds is 3. The Balaban J connectivity index is 0.890. The Morgan fingerprint density at radius 3 is 0.768 bits per heavy atom. The highest BCUT2D eigenvalue weighted by Crippen LogP contribution is 2.42. The van der Waals surface area contributed by atoms with Gasteiger partial charge in [-0.1, -0.05) is 213 Å². The molecule has 3 nitrogen and oxygen atoms in total. The molecule has 0 spiro atoms. The molecule has 0 fully saturated rings. The van der Waals surface area contributed by atoms with Crippen molar-refractivity contribution in [2.75, 3.05) is 0 Å². The highest BCUT2D eigenvalue weighted by molar-refractivity contribution is 8.02. The summed E-state index contributed by atoms with van der Waals surface area (Å²) < 4.78 is 0. The summed E-state index contributed by atoms with van der Waals surface area (Å²) in [5.74, 6) is 2.04. The van der Waals surface area contributed by atoms with Crippen LogP contribution in [0.15, 0.2) is 241 Å². The molecule has 0 aliphatic carbocycles. The van der Waals surface area contributed by atoms with Crippen molar-refractivity contribution in [2.24, 2.45) is 0 Å². The van der Waals surface area contributed by atoms with E-state index >= 15 is 0 Å². The van der Waals surface area contributed by atoms with Crippen LogP contribution in [0.3, 0.4) is 0 Å². The molecule has 0 N–H and O–H groups in total. The Hall–Kier alpha value is -5.72. The van der Waals surface area contributed by atoms with E-state index in [1.807, 2.05) is 70.6 Å². The second-order valence-corrected chi connectivity index (χ2v) is 24.6. The quantitative estimate of drug-likeness (QED) is 0.161. The maximum Gasteiger partial charge on any atom is 0.247 e. The summed E-state index contributed by atoms with van der Waals surface area (Å²) in [5, 5.41) is 0. The summed E-state index contributed by atoms with van der Waals surface area (Å²) in [4.78, 5) is 32.3. The van der Waals surface area contributed by atoms with Gasteiger partial charge in [-0.25, -0.2) is 15.0 Å². The number of hydrogen-bond acceptors (Lipinski definition) is 9. The maximum atomic E-state index is 5.49. The fourth-order valence-electron chi connectivity index (χ4n) is 11.3. The maximum absolute atomic E-state index is 5.49. The van der Waals surface area contributed by atoms with Gasteiger partial charge in [0.25, 0.3) is 0 Å². The van der Waals surface area contributed by atoms with Crippen LogP contribution in [0.2, 0.25) is 0 Å². The van der Waals surface area contributed by atoms with Crippen molar-refractivity contribution in [1.29, 1.82) is 0 Å². The Kier molecular flexibility index (Phi) is 8.94. The van der Waals surface area contributed by atoms with Crippen LogP contribution in [0.25, 0.3) is 34.2 Å². The summed E-state index contributed by atoms with van der Waals surface area (Å²) in [6.45, 7) is 0.363. The van der Waals surface area contributed by atoms with Crippen LogP contribution >= 0.6 is 70.6 Å². The van der Waals surface area contributed by atoms with Gasteiger partial charge in [0.05, 0.1) is 0 Å². The summed E-state index contributed by atoms with van der Waals surface area (Å²) in [7, 11) is 0. The lowest BCUT2D eigenvalue weighted by Crippen LogP contribution is -2.58. The molecule has 12 heteroatoms. The molecule has 0 unspecified atom stereocenters. The first kappa shape index (κ1) is 40.1. The zero-order valence-corrected chi connectivity index (χ0v) is 41.2. The Morgan fingerprint density at radius 2 is 0.478 bits per heavy atom. The molecule has 7 heterocycles. The number of hydrogen-bond donors (Lipinski definition) is 0. The van der Waals surface area contributed by atoms with Gasteiger partial charge in [0.1, 0.15) is 0 Å². The van der Waals surface area contributed by atoms with E-state index in [1.54, 1.807) is 0 Å². The molecular formula is C57H30B3N3S6. The van der Waals surface area contributed by atoms with Crippen molar-refractivity contribution < 1.29 is 0 Å². The van der Waals surface area contributed by atoms with Gasteiger partial charge in [0.2, 0.25) is 20.1 Å². The van der Waals surface area contributed by atoms with Gasteiger partial charge >= 0.3 is 0 Å². The standard InChI is InChI=1S/C57H30B3N3S6/c1-4-13-40-34(10-1)58-37-28-31(22-25-43(37)67-49-19-7-16-46(64-40)52(49)58)55-61-56(32-23-26-44-38(29-32)59-35-11-2-5-14-41(35)65-47-17-8-20-50(68-44)53(47)59)63-57(62-55)33-24-27-45-39(30-33)60-36-12-3-6-15-42(36)66-48-18-9-21-51(69-45)54(48)60/h1-30H. The average molecular weight is 982 g/mol. The van der Waals surface area contributed by atoms with E-state index in [2.05, 4.69) is 182 Å². The lowest BCUT2D eigenvalue weighted by Gasteiger charge is -2.33. The predicted molar refractivity (Wildman–Crippen MR) is 293 cm³/mol. The molecule has 0 atom stereocenters. The topological polar surface area (TPSA) is 38.7 Å². The zero-order chi connectivity index (χ0) is 44.9. The van der Waals surface area contributed by atoms with E-state index in [-0.39, 0.29) is 20.1 Å². The monoisotopic (exact) mass is 981 g/mol. The molecular weight excluding hydrogens is 951 g/mol. The molecule has 0 saturated heterocycles. The number of fused-ring (bicyclic) bond motifs is 12. The fraction of sp³-hybridized carbons (Fsp3) is 0. The normalized spacial score (nSPS) is 14.5. The molecule has 10 aromatic rings. The van der Waals surface area contributed by atoms with Crippen molar-refractivity contribution in [3.63, 3.8) is 0 Å².